The van der Waals surface area contributed by atoms with Crippen molar-refractivity contribution in [2.45, 2.75) is 36.4 Å². The molecule has 2 aromatic carbocycles. The Morgan fingerprint density at radius 3 is 2.88 bits per heavy atom. The lowest BCUT2D eigenvalue weighted by atomic mass is 10.1. The number of nitrogens with one attached hydrogen (secondary N) is 1. The number of carbonyl (C=O) groups is 1. The summed E-state index contributed by atoms with van der Waals surface area (Å²) in [5.74, 6) is 0.465. The molecule has 1 aliphatic rings. The van der Waals surface area contributed by atoms with Crippen LogP contribution >= 0.6 is 11.8 Å². The highest BCUT2D eigenvalue weighted by Gasteiger charge is 2.21. The Bertz CT molecular complexity index is 1380. The lowest BCUT2D eigenvalue weighted by Crippen LogP contribution is -2.16. The molecule has 9 heteroatoms. The van der Waals surface area contributed by atoms with Gasteiger partial charge in [0.25, 0.3) is 5.56 Å². The van der Waals surface area contributed by atoms with Crippen molar-refractivity contribution < 1.29 is 14.3 Å². The maximum atomic E-state index is 12.6. The van der Waals surface area contributed by atoms with E-state index in [-0.39, 0.29) is 11.7 Å². The third-order valence-electron chi connectivity index (χ3n) is 5.81. The lowest BCUT2D eigenvalue weighted by Gasteiger charge is -2.16. The molecule has 1 aliphatic heterocycles. The second kappa shape index (κ2) is 9.82. The molecule has 0 aliphatic carbocycles. The van der Waals surface area contributed by atoms with Crippen molar-refractivity contribution in [3.8, 4) is 11.3 Å². The van der Waals surface area contributed by atoms with Gasteiger partial charge in [0, 0.05) is 6.61 Å². The van der Waals surface area contributed by atoms with E-state index >= 15 is 0 Å². The molecular formula is C25H24N4O4S. The highest BCUT2D eigenvalue weighted by atomic mass is 32.2. The number of aromatic nitrogens is 4. The van der Waals surface area contributed by atoms with Gasteiger partial charge in [0.05, 0.1) is 53.9 Å². The molecule has 0 spiro atoms. The van der Waals surface area contributed by atoms with Gasteiger partial charge in [0.15, 0.2) is 5.16 Å². The molecule has 2 aromatic heterocycles. The highest BCUT2D eigenvalue weighted by molar-refractivity contribution is 7.98. The standard InChI is InChI=1S/C25H24N4O4S/c1-32-24(31)17-9-10-19-20(12-17)27-22(28-23(19)30)15-34-25-26-13-21(16-6-3-2-4-7-16)29(25)14-18-8-5-11-33-18/h2-4,6-7,9-10,12-13,18H,5,8,11,14-15H2,1H3,(H,27,28,30). The topological polar surface area (TPSA) is 99.1 Å². The van der Waals surface area contributed by atoms with Crippen LogP contribution in [0.15, 0.2) is 64.7 Å². The number of rotatable bonds is 7. The van der Waals surface area contributed by atoms with Gasteiger partial charge in [-0.05, 0) is 36.6 Å². The number of esters is 1. The Morgan fingerprint density at radius 1 is 1.26 bits per heavy atom. The average molecular weight is 477 g/mol. The minimum Gasteiger partial charge on any atom is -0.465 e. The summed E-state index contributed by atoms with van der Waals surface area (Å²) in [7, 11) is 1.32. The summed E-state index contributed by atoms with van der Waals surface area (Å²) in [6.45, 7) is 1.51. The smallest absolute Gasteiger partial charge is 0.337 e. The highest BCUT2D eigenvalue weighted by Crippen LogP contribution is 2.29. The number of benzene rings is 2. The molecule has 1 saturated heterocycles. The average Bonchev–Trinajstić information content (AvgIpc) is 3.53. The number of H-pyrrole nitrogens is 1. The second-order valence-electron chi connectivity index (χ2n) is 8.06. The largest absolute Gasteiger partial charge is 0.465 e. The molecule has 3 heterocycles. The fourth-order valence-electron chi connectivity index (χ4n) is 4.12. The van der Waals surface area contributed by atoms with Crippen LogP contribution in [-0.4, -0.2) is 45.3 Å². The molecule has 174 valence electrons. The number of carbonyl (C=O) groups excluding carboxylic acids is 1. The quantitative estimate of drug-likeness (QED) is 0.317. The monoisotopic (exact) mass is 476 g/mol. The number of nitrogens with zero attached hydrogens (tertiary/aromatic N) is 3. The fraction of sp³-hybridized carbons (Fsp3) is 0.280. The number of fused-ring (bicyclic) bond motifs is 1. The summed E-state index contributed by atoms with van der Waals surface area (Å²) in [5.41, 5.74) is 2.68. The molecular weight excluding hydrogens is 452 g/mol. The first kappa shape index (κ1) is 22.4. The molecule has 0 saturated carbocycles. The van der Waals surface area contributed by atoms with Crippen molar-refractivity contribution in [3.05, 3.63) is 76.5 Å². The second-order valence-corrected chi connectivity index (χ2v) is 9.00. The predicted molar refractivity (Wildman–Crippen MR) is 130 cm³/mol. The molecule has 0 amide bonds. The zero-order chi connectivity index (χ0) is 23.5. The molecule has 34 heavy (non-hydrogen) atoms. The molecule has 1 fully saturated rings. The van der Waals surface area contributed by atoms with Crippen LogP contribution in [0.5, 0.6) is 0 Å². The first-order chi connectivity index (χ1) is 16.6. The number of ether oxygens (including phenoxy) is 2. The van der Waals surface area contributed by atoms with Gasteiger partial charge in [0.2, 0.25) is 0 Å². The van der Waals surface area contributed by atoms with E-state index in [1.807, 2.05) is 24.4 Å². The van der Waals surface area contributed by atoms with Gasteiger partial charge in [-0.2, -0.15) is 0 Å². The molecule has 0 bridgehead atoms. The number of aromatic amines is 1. The van der Waals surface area contributed by atoms with Crippen LogP contribution in [0.2, 0.25) is 0 Å². The van der Waals surface area contributed by atoms with E-state index in [1.54, 1.807) is 18.2 Å². The zero-order valence-electron chi connectivity index (χ0n) is 18.7. The van der Waals surface area contributed by atoms with E-state index in [1.165, 1.54) is 18.9 Å². The number of hydrogen-bond acceptors (Lipinski definition) is 7. The molecule has 1 atom stereocenters. The minimum absolute atomic E-state index is 0.159. The Labute approximate surface area is 200 Å². The van der Waals surface area contributed by atoms with Crippen LogP contribution in [0, 0.1) is 0 Å². The van der Waals surface area contributed by atoms with Gasteiger partial charge < -0.3 is 19.0 Å². The van der Waals surface area contributed by atoms with Crippen molar-refractivity contribution in [2.75, 3.05) is 13.7 Å². The number of thioether (sulfide) groups is 1. The molecule has 4 aromatic rings. The van der Waals surface area contributed by atoms with Crippen LogP contribution in [0.25, 0.3) is 22.2 Å². The molecule has 1 N–H and O–H groups in total. The Kier molecular flexibility index (Phi) is 6.46. The third kappa shape index (κ3) is 4.62. The molecule has 8 nitrogen and oxygen atoms in total. The SMILES string of the molecule is COC(=O)c1ccc2c(=O)[nH]c(CSc3ncc(-c4ccccc4)n3CC3CCCO3)nc2c1. The summed E-state index contributed by atoms with van der Waals surface area (Å²) in [6, 6.07) is 14.9. The van der Waals surface area contributed by atoms with E-state index in [0.717, 1.165) is 42.4 Å². The van der Waals surface area contributed by atoms with Crippen molar-refractivity contribution in [1.82, 2.24) is 19.5 Å². The van der Waals surface area contributed by atoms with Gasteiger partial charge in [0.1, 0.15) is 5.82 Å². The summed E-state index contributed by atoms with van der Waals surface area (Å²) in [5, 5.41) is 1.26. The molecule has 5 rings (SSSR count). The van der Waals surface area contributed by atoms with Gasteiger partial charge in [-0.3, -0.25) is 4.79 Å². The van der Waals surface area contributed by atoms with Crippen LogP contribution < -0.4 is 5.56 Å². The summed E-state index contributed by atoms with van der Waals surface area (Å²) >= 11 is 1.50. The molecule has 1 unspecified atom stereocenters. The van der Waals surface area contributed by atoms with Crippen LogP contribution in [0.3, 0.4) is 0 Å². The zero-order valence-corrected chi connectivity index (χ0v) is 19.5. The van der Waals surface area contributed by atoms with Gasteiger partial charge in [-0.15, -0.1) is 0 Å². The Hall–Kier alpha value is -3.43. The van der Waals surface area contributed by atoms with Crippen molar-refractivity contribution in [2.24, 2.45) is 0 Å². The van der Waals surface area contributed by atoms with E-state index < -0.39 is 5.97 Å². The normalized spacial score (nSPS) is 15.6. The van der Waals surface area contributed by atoms with Crippen molar-refractivity contribution >= 4 is 28.6 Å². The Morgan fingerprint density at radius 2 is 2.12 bits per heavy atom. The summed E-state index contributed by atoms with van der Waals surface area (Å²) < 4.78 is 12.8. The number of imidazole rings is 1. The van der Waals surface area contributed by atoms with Crippen molar-refractivity contribution in [3.63, 3.8) is 0 Å². The van der Waals surface area contributed by atoms with Gasteiger partial charge >= 0.3 is 5.97 Å². The van der Waals surface area contributed by atoms with E-state index in [2.05, 4.69) is 31.7 Å². The maximum Gasteiger partial charge on any atom is 0.337 e. The number of hydrogen-bond donors (Lipinski definition) is 1. The van der Waals surface area contributed by atoms with Crippen molar-refractivity contribution in [1.29, 1.82) is 0 Å². The van der Waals surface area contributed by atoms with E-state index in [9.17, 15) is 9.59 Å². The third-order valence-corrected chi connectivity index (χ3v) is 6.82. The van der Waals surface area contributed by atoms with Crippen LogP contribution in [0.1, 0.15) is 29.0 Å². The fourth-order valence-corrected chi connectivity index (χ4v) is 4.97. The number of methoxy groups -OCH3 is 1. The maximum absolute atomic E-state index is 12.6. The van der Waals surface area contributed by atoms with E-state index in [0.29, 0.717) is 28.0 Å². The minimum atomic E-state index is -0.468. The Balaban J connectivity index is 1.43. The van der Waals surface area contributed by atoms with Gasteiger partial charge in [-0.25, -0.2) is 14.8 Å². The summed E-state index contributed by atoms with van der Waals surface area (Å²) in [6.07, 6.45) is 4.13. The predicted octanol–water partition coefficient (Wildman–Crippen LogP) is 4.04. The molecule has 0 radical (unpaired) electrons. The first-order valence-electron chi connectivity index (χ1n) is 11.1. The first-order valence-corrected chi connectivity index (χ1v) is 12.1. The summed E-state index contributed by atoms with van der Waals surface area (Å²) in [4.78, 5) is 36.6. The van der Waals surface area contributed by atoms with Crippen LogP contribution in [0.4, 0.5) is 0 Å². The lowest BCUT2D eigenvalue weighted by molar-refractivity contribution is 0.0601. The van der Waals surface area contributed by atoms with E-state index in [4.69, 9.17) is 9.47 Å². The van der Waals surface area contributed by atoms with Gasteiger partial charge in [-0.1, -0.05) is 42.1 Å². The van der Waals surface area contributed by atoms with Crippen LogP contribution in [-0.2, 0) is 21.8 Å².